The van der Waals surface area contributed by atoms with Crippen molar-refractivity contribution in [1.29, 1.82) is 0 Å². The predicted octanol–water partition coefficient (Wildman–Crippen LogP) is 3.12. The topological polar surface area (TPSA) is 85.4 Å². The lowest BCUT2D eigenvalue weighted by Crippen LogP contribution is -2.66. The van der Waals surface area contributed by atoms with E-state index in [-0.39, 0.29) is 17.5 Å². The molecule has 0 spiro atoms. The summed E-state index contributed by atoms with van der Waals surface area (Å²) in [5.41, 5.74) is 1.38. The first kappa shape index (κ1) is 24.6. The molecule has 2 bridgehead atoms. The summed E-state index contributed by atoms with van der Waals surface area (Å²) in [5.74, 6) is -0.488. The van der Waals surface area contributed by atoms with Crippen LogP contribution in [-0.4, -0.2) is 73.9 Å². The molecule has 2 fully saturated rings. The summed E-state index contributed by atoms with van der Waals surface area (Å²) >= 11 is 0. The molecule has 0 saturated carbocycles. The number of Topliss-reactive ketones (excluding diaryl/α,β-unsaturated/α-hetero) is 1. The van der Waals surface area contributed by atoms with E-state index in [4.69, 9.17) is 14.2 Å². The molecule has 2 amide bonds. The zero-order chi connectivity index (χ0) is 24.9. The minimum Gasteiger partial charge on any atom is -0.493 e. The molecule has 2 atom stereocenters. The van der Waals surface area contributed by atoms with Crippen molar-refractivity contribution in [2.24, 2.45) is 0 Å². The number of piperidine rings is 1. The maximum atomic E-state index is 13.4. The summed E-state index contributed by atoms with van der Waals surface area (Å²) in [6, 6.07) is 12.4. The van der Waals surface area contributed by atoms with Gasteiger partial charge in [-0.25, -0.2) is 0 Å². The van der Waals surface area contributed by atoms with E-state index in [9.17, 15) is 14.4 Å². The molecular formula is C27H32N2O6. The number of ketones is 1. The van der Waals surface area contributed by atoms with Crippen molar-refractivity contribution in [1.82, 2.24) is 9.80 Å². The Balaban J connectivity index is 1.49. The third-order valence-corrected chi connectivity index (χ3v) is 6.86. The molecule has 2 unspecified atom stereocenters. The normalized spacial score (nSPS) is 19.3. The summed E-state index contributed by atoms with van der Waals surface area (Å²) in [7, 11) is 4.38. The highest BCUT2D eigenvalue weighted by atomic mass is 16.5. The van der Waals surface area contributed by atoms with E-state index < -0.39 is 17.7 Å². The average molecular weight is 481 g/mol. The Morgan fingerprint density at radius 3 is 2.29 bits per heavy atom. The lowest BCUT2D eigenvalue weighted by molar-refractivity contribution is -0.157. The monoisotopic (exact) mass is 480 g/mol. The number of aryl methyl sites for hydroxylation is 1. The van der Waals surface area contributed by atoms with Crippen molar-refractivity contribution in [3.8, 4) is 17.2 Å². The number of carbonyl (C=O) groups is 3. The zero-order valence-corrected chi connectivity index (χ0v) is 20.5. The van der Waals surface area contributed by atoms with E-state index in [0.717, 1.165) is 25.7 Å². The Hall–Kier alpha value is -3.55. The molecule has 2 aliphatic rings. The summed E-state index contributed by atoms with van der Waals surface area (Å²) < 4.78 is 16.0. The van der Waals surface area contributed by atoms with Gasteiger partial charge in [0.25, 0.3) is 11.7 Å². The van der Waals surface area contributed by atoms with Gasteiger partial charge in [-0.3, -0.25) is 14.4 Å². The van der Waals surface area contributed by atoms with E-state index >= 15 is 0 Å². The summed E-state index contributed by atoms with van der Waals surface area (Å²) in [4.78, 5) is 43.4. The Bertz CT molecular complexity index is 1060. The summed E-state index contributed by atoms with van der Waals surface area (Å²) in [5, 5.41) is 0. The van der Waals surface area contributed by atoms with E-state index in [0.29, 0.717) is 36.8 Å². The first-order chi connectivity index (χ1) is 17.0. The number of fused-ring (bicyclic) bond motifs is 2. The van der Waals surface area contributed by atoms with Crippen molar-refractivity contribution in [2.45, 2.75) is 44.2 Å². The van der Waals surface area contributed by atoms with Crippen molar-refractivity contribution < 1.29 is 28.6 Å². The minimum absolute atomic E-state index is 0.0694. The Morgan fingerprint density at radius 2 is 1.66 bits per heavy atom. The van der Waals surface area contributed by atoms with Gasteiger partial charge in [0.05, 0.1) is 27.4 Å². The number of methoxy groups -OCH3 is 3. The Morgan fingerprint density at radius 1 is 0.971 bits per heavy atom. The molecule has 4 rings (SSSR count). The largest absolute Gasteiger partial charge is 0.493 e. The van der Waals surface area contributed by atoms with Crippen LogP contribution in [0.25, 0.3) is 0 Å². The highest BCUT2D eigenvalue weighted by Gasteiger charge is 2.46. The van der Waals surface area contributed by atoms with Crippen LogP contribution in [0.15, 0.2) is 42.5 Å². The molecular weight excluding hydrogens is 448 g/mol. The standard InChI is InChI=1S/C27H32N2O6/c1-33-22-15-19(16-23(34-2)25(22)35-3)24(30)27(32)29-20-12-7-13-21(29)26(31)28(17-20)14-8-11-18-9-5-4-6-10-18/h4-6,9-10,15-16,20-21H,7-8,11-14,17H2,1-3H3. The van der Waals surface area contributed by atoms with Gasteiger partial charge in [-0.2, -0.15) is 0 Å². The molecule has 0 aromatic heterocycles. The van der Waals surface area contributed by atoms with Crippen LogP contribution in [0.3, 0.4) is 0 Å². The quantitative estimate of drug-likeness (QED) is 0.405. The van der Waals surface area contributed by atoms with Crippen LogP contribution >= 0.6 is 0 Å². The number of likely N-dealkylation sites (tertiary alicyclic amines) is 1. The van der Waals surface area contributed by atoms with Crippen molar-refractivity contribution in [3.63, 3.8) is 0 Å². The fourth-order valence-corrected chi connectivity index (χ4v) is 5.14. The highest BCUT2D eigenvalue weighted by molar-refractivity contribution is 6.43. The Kier molecular flexibility index (Phi) is 7.58. The third-order valence-electron chi connectivity index (χ3n) is 6.86. The van der Waals surface area contributed by atoms with E-state index in [1.165, 1.54) is 43.9 Å². The molecule has 0 aliphatic carbocycles. The second-order valence-corrected chi connectivity index (χ2v) is 8.93. The number of carbonyl (C=O) groups excluding carboxylic acids is 3. The zero-order valence-electron chi connectivity index (χ0n) is 20.5. The summed E-state index contributed by atoms with van der Waals surface area (Å²) in [6.07, 6.45) is 3.95. The number of hydrogen-bond donors (Lipinski definition) is 0. The molecule has 2 aliphatic heterocycles. The fourth-order valence-electron chi connectivity index (χ4n) is 5.14. The second-order valence-electron chi connectivity index (χ2n) is 8.93. The van der Waals surface area contributed by atoms with Crippen LogP contribution in [0.1, 0.15) is 41.6 Å². The SMILES string of the molecule is COc1cc(C(=O)C(=O)N2C3CCCC2C(=O)N(CCCc2ccccc2)C3)cc(OC)c1OC. The smallest absolute Gasteiger partial charge is 0.295 e. The number of rotatable bonds is 9. The lowest BCUT2D eigenvalue weighted by atomic mass is 9.89. The lowest BCUT2D eigenvalue weighted by Gasteiger charge is -2.49. The third kappa shape index (κ3) is 4.97. The summed E-state index contributed by atoms with van der Waals surface area (Å²) in [6.45, 7) is 1.10. The number of piperazine rings is 1. The van der Waals surface area contributed by atoms with Gasteiger partial charge < -0.3 is 24.0 Å². The molecule has 0 N–H and O–H groups in total. The highest BCUT2D eigenvalue weighted by Crippen LogP contribution is 2.39. The molecule has 186 valence electrons. The van der Waals surface area contributed by atoms with Gasteiger partial charge in [0.15, 0.2) is 11.5 Å². The second kappa shape index (κ2) is 10.8. The van der Waals surface area contributed by atoms with E-state index in [1.807, 2.05) is 23.1 Å². The van der Waals surface area contributed by atoms with Crippen molar-refractivity contribution >= 4 is 17.6 Å². The van der Waals surface area contributed by atoms with Gasteiger partial charge in [0.2, 0.25) is 11.7 Å². The van der Waals surface area contributed by atoms with Gasteiger partial charge in [-0.1, -0.05) is 30.3 Å². The van der Waals surface area contributed by atoms with Crippen LogP contribution in [0.4, 0.5) is 0 Å². The van der Waals surface area contributed by atoms with Gasteiger partial charge in [-0.05, 0) is 49.8 Å². The van der Waals surface area contributed by atoms with Crippen LogP contribution in [-0.2, 0) is 16.0 Å². The van der Waals surface area contributed by atoms with Crippen molar-refractivity contribution in [2.75, 3.05) is 34.4 Å². The Labute approximate surface area is 205 Å². The number of ether oxygens (including phenoxy) is 3. The van der Waals surface area contributed by atoms with Crippen molar-refractivity contribution in [3.05, 3.63) is 53.6 Å². The minimum atomic E-state index is -0.688. The van der Waals surface area contributed by atoms with Crippen LogP contribution < -0.4 is 14.2 Å². The first-order valence-electron chi connectivity index (χ1n) is 12.0. The van der Waals surface area contributed by atoms with E-state index in [2.05, 4.69) is 12.1 Å². The molecule has 2 heterocycles. The van der Waals surface area contributed by atoms with Gasteiger partial charge in [0.1, 0.15) is 6.04 Å². The molecule has 2 saturated heterocycles. The molecule has 2 aromatic rings. The van der Waals surface area contributed by atoms with Gasteiger partial charge in [0, 0.05) is 18.7 Å². The maximum Gasteiger partial charge on any atom is 0.295 e. The number of nitrogens with zero attached hydrogens (tertiary/aromatic N) is 2. The van der Waals surface area contributed by atoms with Gasteiger partial charge >= 0.3 is 0 Å². The predicted molar refractivity (Wildman–Crippen MR) is 130 cm³/mol. The van der Waals surface area contributed by atoms with Crippen LogP contribution in [0.2, 0.25) is 0 Å². The van der Waals surface area contributed by atoms with Crippen LogP contribution in [0.5, 0.6) is 17.2 Å². The van der Waals surface area contributed by atoms with Crippen LogP contribution in [0, 0.1) is 0 Å². The number of benzene rings is 2. The van der Waals surface area contributed by atoms with E-state index in [1.54, 1.807) is 0 Å². The first-order valence-corrected chi connectivity index (χ1v) is 12.0. The average Bonchev–Trinajstić information content (AvgIpc) is 2.90. The molecule has 0 radical (unpaired) electrons. The molecule has 8 heteroatoms. The number of hydrogen-bond acceptors (Lipinski definition) is 6. The molecule has 8 nitrogen and oxygen atoms in total. The number of amides is 2. The maximum absolute atomic E-state index is 13.4. The molecule has 35 heavy (non-hydrogen) atoms. The fraction of sp³-hybridized carbons (Fsp3) is 0.444. The van der Waals surface area contributed by atoms with Gasteiger partial charge in [-0.15, -0.1) is 0 Å². The molecule has 2 aromatic carbocycles.